The van der Waals surface area contributed by atoms with Crippen LogP contribution in [0.5, 0.6) is 0 Å². The summed E-state index contributed by atoms with van der Waals surface area (Å²) in [6.45, 7) is 8.81. The van der Waals surface area contributed by atoms with Gasteiger partial charge in [0.25, 0.3) is 5.91 Å². The van der Waals surface area contributed by atoms with Crippen molar-refractivity contribution in [2.75, 3.05) is 26.2 Å². The third-order valence-corrected chi connectivity index (χ3v) is 6.96. The maximum absolute atomic E-state index is 13.1. The van der Waals surface area contributed by atoms with Gasteiger partial charge in [0.15, 0.2) is 0 Å². The minimum absolute atomic E-state index is 0.0169. The largest absolute Gasteiger partial charge is 0.350 e. The Balaban J connectivity index is 2.04. The number of rotatable bonds is 9. The van der Waals surface area contributed by atoms with E-state index >= 15 is 0 Å². The number of nitrogens with two attached hydrogens (primary N) is 1. The first-order valence-electron chi connectivity index (χ1n) is 10.7. The lowest BCUT2D eigenvalue weighted by Crippen LogP contribution is -2.50. The number of carbonyl (C=O) groups excluding carboxylic acids is 2. The second-order valence-electron chi connectivity index (χ2n) is 8.40. The quantitative estimate of drug-likeness (QED) is 0.530. The van der Waals surface area contributed by atoms with Gasteiger partial charge < -0.3 is 21.3 Å². The van der Waals surface area contributed by atoms with Gasteiger partial charge >= 0.3 is 0 Å². The molecule has 168 valence electrons. The van der Waals surface area contributed by atoms with Crippen molar-refractivity contribution in [1.29, 1.82) is 0 Å². The first-order chi connectivity index (χ1) is 14.2. The summed E-state index contributed by atoms with van der Waals surface area (Å²) in [6.07, 6.45) is 3.37. The van der Waals surface area contributed by atoms with Crippen LogP contribution in [0.15, 0.2) is 18.2 Å². The topological polar surface area (TPSA) is 87.5 Å². The fraction of sp³-hybridized carbons (Fsp3) is 0.636. The highest BCUT2D eigenvalue weighted by atomic mass is 35.5. The van der Waals surface area contributed by atoms with Crippen molar-refractivity contribution < 1.29 is 9.59 Å². The zero-order valence-corrected chi connectivity index (χ0v) is 19.7. The lowest BCUT2D eigenvalue weighted by atomic mass is 9.84. The van der Waals surface area contributed by atoms with E-state index in [1.807, 2.05) is 4.90 Å². The highest BCUT2D eigenvalue weighted by Crippen LogP contribution is 2.28. The molecule has 0 saturated carbocycles. The SMILES string of the molecule is CCC(C)(CC)CN1CC[C@@H](CNC(=O)c2ccc(Cl)c(Cl)c2)N[C@@H](CCN)C1=O. The van der Waals surface area contributed by atoms with Gasteiger partial charge in [0.2, 0.25) is 5.91 Å². The summed E-state index contributed by atoms with van der Waals surface area (Å²) >= 11 is 11.9. The van der Waals surface area contributed by atoms with Gasteiger partial charge in [-0.15, -0.1) is 0 Å². The lowest BCUT2D eigenvalue weighted by Gasteiger charge is -2.34. The Kier molecular flexibility index (Phi) is 9.41. The van der Waals surface area contributed by atoms with Crippen molar-refractivity contribution in [3.8, 4) is 0 Å². The standard InChI is InChI=1S/C22H34Cl2N4O2/c1-4-22(3,5-2)14-28-11-9-16(27-19(8-10-25)21(28)30)13-26-20(29)15-6-7-17(23)18(24)12-15/h6-7,12,16,19,27H,4-5,8-11,13-14,25H2,1-3H3,(H,26,29)/t16-,19-/m0/s1. The van der Waals surface area contributed by atoms with Gasteiger partial charge in [0.05, 0.1) is 16.1 Å². The van der Waals surface area contributed by atoms with Crippen LogP contribution in [0.2, 0.25) is 10.0 Å². The van der Waals surface area contributed by atoms with E-state index in [2.05, 4.69) is 31.4 Å². The van der Waals surface area contributed by atoms with E-state index < -0.39 is 0 Å². The number of nitrogens with one attached hydrogen (secondary N) is 2. The predicted octanol–water partition coefficient (Wildman–Crippen LogP) is 3.46. The van der Waals surface area contributed by atoms with Crippen LogP contribution in [0, 0.1) is 5.41 Å². The number of carbonyl (C=O) groups is 2. The summed E-state index contributed by atoms with van der Waals surface area (Å²) in [6, 6.07) is 4.45. The average Bonchev–Trinajstić information content (AvgIpc) is 2.88. The molecule has 2 rings (SSSR count). The van der Waals surface area contributed by atoms with Gasteiger partial charge in [-0.1, -0.05) is 44.0 Å². The minimum Gasteiger partial charge on any atom is -0.350 e. The molecule has 0 aromatic heterocycles. The predicted molar refractivity (Wildman–Crippen MR) is 123 cm³/mol. The molecule has 1 aliphatic heterocycles. The van der Waals surface area contributed by atoms with E-state index in [4.69, 9.17) is 28.9 Å². The smallest absolute Gasteiger partial charge is 0.251 e. The molecule has 1 saturated heterocycles. The van der Waals surface area contributed by atoms with Crippen LogP contribution in [0.25, 0.3) is 0 Å². The molecule has 0 bridgehead atoms. The van der Waals surface area contributed by atoms with Gasteiger partial charge in [-0.05, 0) is 55.8 Å². The molecule has 0 unspecified atom stereocenters. The second kappa shape index (κ2) is 11.3. The maximum atomic E-state index is 13.1. The van der Waals surface area contributed by atoms with E-state index in [-0.39, 0.29) is 29.3 Å². The second-order valence-corrected chi connectivity index (χ2v) is 9.21. The van der Waals surface area contributed by atoms with Crippen LogP contribution in [0.1, 0.15) is 56.8 Å². The van der Waals surface area contributed by atoms with Crippen molar-refractivity contribution in [3.05, 3.63) is 33.8 Å². The van der Waals surface area contributed by atoms with Crippen molar-refractivity contribution in [2.24, 2.45) is 11.1 Å². The first kappa shape index (κ1) is 24.9. The molecule has 8 heteroatoms. The molecule has 2 atom stereocenters. The van der Waals surface area contributed by atoms with E-state index in [1.54, 1.807) is 18.2 Å². The Morgan fingerprint density at radius 2 is 2.00 bits per heavy atom. The summed E-state index contributed by atoms with van der Waals surface area (Å²) in [5.41, 5.74) is 6.32. The maximum Gasteiger partial charge on any atom is 0.251 e. The van der Waals surface area contributed by atoms with Crippen LogP contribution in [0.4, 0.5) is 0 Å². The molecule has 0 aliphatic carbocycles. The molecule has 1 aliphatic rings. The highest BCUT2D eigenvalue weighted by Gasteiger charge is 2.34. The molecule has 2 amide bonds. The summed E-state index contributed by atoms with van der Waals surface area (Å²) in [5, 5.41) is 7.11. The summed E-state index contributed by atoms with van der Waals surface area (Å²) < 4.78 is 0. The van der Waals surface area contributed by atoms with Crippen LogP contribution < -0.4 is 16.4 Å². The van der Waals surface area contributed by atoms with Crippen LogP contribution in [0.3, 0.4) is 0 Å². The van der Waals surface area contributed by atoms with Crippen molar-refractivity contribution in [3.63, 3.8) is 0 Å². The summed E-state index contributed by atoms with van der Waals surface area (Å²) in [5.74, 6) is -0.116. The Bertz CT molecular complexity index is 740. The Hall–Kier alpha value is -1.34. The van der Waals surface area contributed by atoms with Crippen LogP contribution >= 0.6 is 23.2 Å². The molecular formula is C22H34Cl2N4O2. The van der Waals surface area contributed by atoms with E-state index in [1.165, 1.54) is 0 Å². The van der Waals surface area contributed by atoms with Crippen LogP contribution in [-0.2, 0) is 4.79 Å². The third kappa shape index (κ3) is 6.58. The molecule has 1 aromatic rings. The average molecular weight is 457 g/mol. The van der Waals surface area contributed by atoms with E-state index in [0.29, 0.717) is 41.7 Å². The van der Waals surface area contributed by atoms with E-state index in [9.17, 15) is 9.59 Å². The number of nitrogens with zero attached hydrogens (tertiary/aromatic N) is 1. The number of hydrogen-bond donors (Lipinski definition) is 3. The molecule has 0 spiro atoms. The molecule has 1 heterocycles. The Labute approximate surface area is 189 Å². The normalized spacial score (nSPS) is 20.2. The molecule has 4 N–H and O–H groups in total. The number of amides is 2. The Morgan fingerprint density at radius 3 is 2.60 bits per heavy atom. The van der Waals surface area contributed by atoms with E-state index in [0.717, 1.165) is 25.8 Å². The number of benzene rings is 1. The van der Waals surface area contributed by atoms with Gasteiger partial charge in [-0.2, -0.15) is 0 Å². The molecule has 30 heavy (non-hydrogen) atoms. The fourth-order valence-corrected chi connectivity index (χ4v) is 3.96. The molecule has 6 nitrogen and oxygen atoms in total. The van der Waals surface area contributed by atoms with Crippen molar-refractivity contribution in [2.45, 2.75) is 58.5 Å². The highest BCUT2D eigenvalue weighted by molar-refractivity contribution is 6.42. The monoisotopic (exact) mass is 456 g/mol. The Morgan fingerprint density at radius 1 is 1.30 bits per heavy atom. The molecular weight excluding hydrogens is 423 g/mol. The molecule has 1 fully saturated rings. The van der Waals surface area contributed by atoms with Crippen molar-refractivity contribution in [1.82, 2.24) is 15.5 Å². The lowest BCUT2D eigenvalue weighted by molar-refractivity contribution is -0.134. The zero-order valence-electron chi connectivity index (χ0n) is 18.1. The van der Waals surface area contributed by atoms with Crippen molar-refractivity contribution >= 4 is 35.0 Å². The number of halogens is 2. The fourth-order valence-electron chi connectivity index (χ4n) is 3.66. The van der Waals surface area contributed by atoms with Gasteiger partial charge in [0, 0.05) is 31.2 Å². The van der Waals surface area contributed by atoms with Crippen LogP contribution in [-0.4, -0.2) is 55.0 Å². The third-order valence-electron chi connectivity index (χ3n) is 6.22. The first-order valence-corrected chi connectivity index (χ1v) is 11.5. The molecule has 1 aromatic carbocycles. The van der Waals surface area contributed by atoms with Gasteiger partial charge in [0.1, 0.15) is 0 Å². The summed E-state index contributed by atoms with van der Waals surface area (Å²) in [7, 11) is 0. The minimum atomic E-state index is -0.331. The van der Waals surface area contributed by atoms with Gasteiger partial charge in [-0.3, -0.25) is 9.59 Å². The zero-order chi connectivity index (χ0) is 22.3. The summed E-state index contributed by atoms with van der Waals surface area (Å²) in [4.78, 5) is 27.6. The molecule has 0 radical (unpaired) electrons. The van der Waals surface area contributed by atoms with Gasteiger partial charge in [-0.25, -0.2) is 0 Å². The number of hydrogen-bond acceptors (Lipinski definition) is 4.